The van der Waals surface area contributed by atoms with Crippen molar-refractivity contribution in [2.75, 3.05) is 0 Å². The molecule has 2 aromatic heterocycles. The number of benzene rings is 4. The normalized spacial score (nSPS) is 10.6. The Morgan fingerprint density at radius 2 is 0.968 bits per heavy atom. The minimum atomic E-state index is 0.848. The predicted octanol–water partition coefficient (Wildman–Crippen LogP) is 7.51. The van der Waals surface area contributed by atoms with Gasteiger partial charge in [0.1, 0.15) is 0 Å². The molecule has 0 radical (unpaired) electrons. The SMILES string of the molecule is S=C=Nc1c2ccccc2nc2ccccc12.c1ccc2nc3ccccc3cc2c1. The van der Waals surface area contributed by atoms with E-state index in [-0.39, 0.29) is 0 Å². The van der Waals surface area contributed by atoms with Crippen LogP contribution in [0.3, 0.4) is 0 Å². The molecule has 4 heteroatoms. The molecule has 0 saturated heterocycles. The van der Waals surface area contributed by atoms with E-state index in [1.54, 1.807) is 0 Å². The lowest BCUT2D eigenvalue weighted by atomic mass is 10.1. The average molecular weight is 416 g/mol. The molecule has 6 aromatic rings. The molecule has 0 spiro atoms. The lowest BCUT2D eigenvalue weighted by molar-refractivity contribution is 1.48. The summed E-state index contributed by atoms with van der Waals surface area (Å²) in [5, 5.41) is 6.86. The summed E-state index contributed by atoms with van der Waals surface area (Å²) in [5.74, 6) is 0. The predicted molar refractivity (Wildman–Crippen MR) is 133 cm³/mol. The van der Waals surface area contributed by atoms with Crippen molar-refractivity contribution in [3.05, 3.63) is 103 Å². The molecule has 4 aromatic carbocycles. The fraction of sp³-hybridized carbons (Fsp3) is 0. The summed E-state index contributed by atoms with van der Waals surface area (Å²) < 4.78 is 0. The van der Waals surface area contributed by atoms with Gasteiger partial charge in [-0.15, -0.1) is 0 Å². The van der Waals surface area contributed by atoms with Gasteiger partial charge in [-0.1, -0.05) is 72.8 Å². The molecular weight excluding hydrogens is 398 g/mol. The van der Waals surface area contributed by atoms with Crippen LogP contribution < -0.4 is 0 Å². The quantitative estimate of drug-likeness (QED) is 0.158. The third-order valence-corrected chi connectivity index (χ3v) is 5.23. The van der Waals surface area contributed by atoms with Crippen molar-refractivity contribution in [3.63, 3.8) is 0 Å². The molecule has 0 aliphatic heterocycles. The number of fused-ring (bicyclic) bond motifs is 4. The fourth-order valence-corrected chi connectivity index (χ4v) is 3.80. The zero-order valence-corrected chi connectivity index (χ0v) is 17.4. The van der Waals surface area contributed by atoms with Crippen LogP contribution in [0.2, 0.25) is 0 Å². The molecule has 2 heterocycles. The number of nitrogens with zero attached hydrogens (tertiary/aromatic N) is 3. The third-order valence-electron chi connectivity index (χ3n) is 5.14. The van der Waals surface area contributed by atoms with Gasteiger partial charge in [0.15, 0.2) is 0 Å². The van der Waals surface area contributed by atoms with Crippen LogP contribution in [0.25, 0.3) is 43.6 Å². The van der Waals surface area contributed by atoms with Crippen LogP contribution in [0.5, 0.6) is 0 Å². The lowest BCUT2D eigenvalue weighted by Crippen LogP contribution is -1.83. The van der Waals surface area contributed by atoms with Crippen LogP contribution in [0.4, 0.5) is 5.69 Å². The largest absolute Gasteiger partial charge is 0.248 e. The maximum absolute atomic E-state index is 4.72. The van der Waals surface area contributed by atoms with Gasteiger partial charge in [0, 0.05) is 21.5 Å². The minimum Gasteiger partial charge on any atom is -0.248 e. The van der Waals surface area contributed by atoms with Crippen molar-refractivity contribution in [1.29, 1.82) is 0 Å². The molecule has 0 fully saturated rings. The van der Waals surface area contributed by atoms with E-state index in [2.05, 4.69) is 38.3 Å². The second-order valence-corrected chi connectivity index (χ2v) is 7.25. The van der Waals surface area contributed by atoms with Gasteiger partial charge in [0.05, 0.1) is 32.9 Å². The number of isothiocyanates is 1. The Bertz CT molecular complexity index is 1440. The zero-order chi connectivity index (χ0) is 21.0. The number of para-hydroxylation sites is 4. The van der Waals surface area contributed by atoms with Crippen molar-refractivity contribution >= 4 is 66.7 Å². The average Bonchev–Trinajstić information content (AvgIpc) is 2.83. The van der Waals surface area contributed by atoms with Crippen LogP contribution in [-0.4, -0.2) is 15.1 Å². The molecular formula is C27H17N3S. The summed E-state index contributed by atoms with van der Waals surface area (Å²) >= 11 is 4.72. The van der Waals surface area contributed by atoms with E-state index in [4.69, 9.17) is 12.2 Å². The smallest absolute Gasteiger partial charge is 0.0927 e. The van der Waals surface area contributed by atoms with E-state index in [1.807, 2.05) is 84.9 Å². The highest BCUT2D eigenvalue weighted by atomic mass is 32.1. The van der Waals surface area contributed by atoms with Gasteiger partial charge in [-0.3, -0.25) is 0 Å². The van der Waals surface area contributed by atoms with Crippen molar-refractivity contribution in [1.82, 2.24) is 9.97 Å². The molecule has 0 unspecified atom stereocenters. The molecule has 31 heavy (non-hydrogen) atoms. The molecule has 0 aliphatic rings. The summed E-state index contributed by atoms with van der Waals surface area (Å²) in [6, 6.07) is 34.4. The van der Waals surface area contributed by atoms with E-state index in [9.17, 15) is 0 Å². The van der Waals surface area contributed by atoms with Crippen LogP contribution in [0, 0.1) is 0 Å². The Kier molecular flexibility index (Phi) is 5.16. The fourth-order valence-electron chi connectivity index (χ4n) is 3.70. The van der Waals surface area contributed by atoms with Gasteiger partial charge in [0.25, 0.3) is 0 Å². The van der Waals surface area contributed by atoms with Gasteiger partial charge in [-0.25, -0.2) is 9.97 Å². The summed E-state index contributed by atoms with van der Waals surface area (Å²) in [6.07, 6.45) is 0. The van der Waals surface area contributed by atoms with E-state index < -0.39 is 0 Å². The van der Waals surface area contributed by atoms with E-state index >= 15 is 0 Å². The number of thiocarbonyl (C=S) groups is 1. The second kappa shape index (κ2) is 8.41. The maximum atomic E-state index is 4.72. The van der Waals surface area contributed by atoms with Gasteiger partial charge >= 0.3 is 0 Å². The Morgan fingerprint density at radius 1 is 0.548 bits per heavy atom. The van der Waals surface area contributed by atoms with Crippen molar-refractivity contribution in [3.8, 4) is 0 Å². The van der Waals surface area contributed by atoms with Crippen LogP contribution >= 0.6 is 12.2 Å². The van der Waals surface area contributed by atoms with Crippen molar-refractivity contribution in [2.24, 2.45) is 4.99 Å². The Morgan fingerprint density at radius 3 is 1.48 bits per heavy atom. The molecule has 146 valence electrons. The lowest BCUT2D eigenvalue weighted by Gasteiger charge is -2.05. The number of pyridine rings is 2. The molecule has 0 aliphatic carbocycles. The molecule has 3 nitrogen and oxygen atoms in total. The highest BCUT2D eigenvalue weighted by molar-refractivity contribution is 7.78. The van der Waals surface area contributed by atoms with E-state index in [1.165, 1.54) is 10.8 Å². The maximum Gasteiger partial charge on any atom is 0.0927 e. The zero-order valence-electron chi connectivity index (χ0n) is 16.6. The molecule has 6 rings (SSSR count). The van der Waals surface area contributed by atoms with E-state index in [0.29, 0.717) is 0 Å². The van der Waals surface area contributed by atoms with Gasteiger partial charge in [0.2, 0.25) is 0 Å². The van der Waals surface area contributed by atoms with Gasteiger partial charge in [-0.05, 0) is 42.5 Å². The summed E-state index contributed by atoms with van der Waals surface area (Å²) in [6.45, 7) is 0. The summed E-state index contributed by atoms with van der Waals surface area (Å²) in [4.78, 5) is 13.4. The van der Waals surface area contributed by atoms with Crippen LogP contribution in [0.1, 0.15) is 0 Å². The number of hydrogen-bond acceptors (Lipinski definition) is 4. The monoisotopic (exact) mass is 415 g/mol. The van der Waals surface area contributed by atoms with Crippen LogP contribution in [0.15, 0.2) is 108 Å². The molecule has 0 N–H and O–H groups in total. The molecule has 0 saturated carbocycles. The van der Waals surface area contributed by atoms with Crippen molar-refractivity contribution < 1.29 is 0 Å². The number of rotatable bonds is 1. The van der Waals surface area contributed by atoms with Crippen LogP contribution in [-0.2, 0) is 0 Å². The topological polar surface area (TPSA) is 38.1 Å². The number of aromatic nitrogens is 2. The first-order chi connectivity index (χ1) is 15.3. The van der Waals surface area contributed by atoms with Gasteiger partial charge < -0.3 is 0 Å². The Balaban J connectivity index is 0.000000134. The molecule has 0 amide bonds. The van der Waals surface area contributed by atoms with E-state index in [0.717, 1.165) is 38.5 Å². The number of aliphatic imine (C=N–C) groups is 1. The Hall–Kier alpha value is -3.98. The highest BCUT2D eigenvalue weighted by Gasteiger charge is 2.06. The molecule has 0 atom stereocenters. The highest BCUT2D eigenvalue weighted by Crippen LogP contribution is 2.32. The first kappa shape index (κ1) is 19.0. The Labute approximate surface area is 184 Å². The first-order valence-electron chi connectivity index (χ1n) is 9.93. The second-order valence-electron chi connectivity index (χ2n) is 7.07. The van der Waals surface area contributed by atoms with Crippen molar-refractivity contribution in [2.45, 2.75) is 0 Å². The summed E-state index contributed by atoms with van der Waals surface area (Å²) in [7, 11) is 0. The summed E-state index contributed by atoms with van der Waals surface area (Å²) in [5.41, 5.74) is 4.82. The minimum absolute atomic E-state index is 0.848. The number of hydrogen-bond donors (Lipinski definition) is 0. The molecule has 0 bridgehead atoms. The van der Waals surface area contributed by atoms with Gasteiger partial charge in [-0.2, -0.15) is 4.99 Å². The first-order valence-corrected chi connectivity index (χ1v) is 10.3. The standard InChI is InChI=1S/C14H8N2S.C13H9N/c17-9-15-14-10-5-1-3-7-12(10)16-13-8-4-2-6-11(13)14;1-3-7-12-10(5-1)9-11-6-2-4-8-13(11)14-12/h1-8H;1-9H. The third kappa shape index (κ3) is 3.78.